The fourth-order valence-electron chi connectivity index (χ4n) is 2.86. The number of nitrogens with two attached hydrogens (primary N) is 1. The summed E-state index contributed by atoms with van der Waals surface area (Å²) in [6.45, 7) is 7.47. The molecule has 1 amide bonds. The van der Waals surface area contributed by atoms with E-state index in [0.717, 1.165) is 42.9 Å². The van der Waals surface area contributed by atoms with Gasteiger partial charge >= 0.3 is 0 Å². The minimum Gasteiger partial charge on any atom is -0.338 e. The predicted octanol–water partition coefficient (Wildman–Crippen LogP) is 1.24. The Morgan fingerprint density at radius 1 is 1.47 bits per heavy atom. The quantitative estimate of drug-likeness (QED) is 0.874. The summed E-state index contributed by atoms with van der Waals surface area (Å²) >= 11 is 0. The smallest absolute Gasteiger partial charge is 0.257 e. The Bertz CT molecular complexity index is 478. The van der Waals surface area contributed by atoms with Crippen LogP contribution in [-0.4, -0.2) is 39.7 Å². The third kappa shape index (κ3) is 2.66. The standard InChI is InChI=1S/C14H24N4O/c1-9(15)12-6-5-7-18(8-12)14(19)13-10(2)16-17(4)11(13)3/h9,12H,5-8,15H2,1-4H3. The second kappa shape index (κ2) is 5.33. The topological polar surface area (TPSA) is 64.2 Å². The molecule has 2 atom stereocenters. The van der Waals surface area contributed by atoms with Crippen LogP contribution in [0.2, 0.25) is 0 Å². The Hall–Kier alpha value is -1.36. The molecule has 2 unspecified atom stereocenters. The number of nitrogens with zero attached hydrogens (tertiary/aromatic N) is 3. The molecule has 0 radical (unpaired) electrons. The second-order valence-corrected chi connectivity index (χ2v) is 5.68. The maximum atomic E-state index is 12.7. The van der Waals surface area contributed by atoms with Gasteiger partial charge in [0.15, 0.2) is 0 Å². The lowest BCUT2D eigenvalue weighted by Gasteiger charge is -2.34. The van der Waals surface area contributed by atoms with Gasteiger partial charge in [-0.05, 0) is 39.5 Å². The van der Waals surface area contributed by atoms with Gasteiger partial charge in [0.1, 0.15) is 0 Å². The van der Waals surface area contributed by atoms with Crippen molar-refractivity contribution in [2.24, 2.45) is 18.7 Å². The maximum Gasteiger partial charge on any atom is 0.257 e. The van der Waals surface area contributed by atoms with Crippen LogP contribution in [0, 0.1) is 19.8 Å². The number of aryl methyl sites for hydroxylation is 2. The summed E-state index contributed by atoms with van der Waals surface area (Å²) in [5, 5.41) is 4.33. The molecule has 2 rings (SSSR count). The minimum absolute atomic E-state index is 0.105. The summed E-state index contributed by atoms with van der Waals surface area (Å²) in [6, 6.07) is 0.145. The number of carbonyl (C=O) groups excluding carboxylic acids is 1. The summed E-state index contributed by atoms with van der Waals surface area (Å²) < 4.78 is 1.77. The molecule has 0 bridgehead atoms. The Morgan fingerprint density at radius 2 is 2.16 bits per heavy atom. The lowest BCUT2D eigenvalue weighted by atomic mass is 9.91. The first-order chi connectivity index (χ1) is 8.91. The van der Waals surface area contributed by atoms with Crippen molar-refractivity contribution in [2.75, 3.05) is 13.1 Å². The number of hydrogen-bond donors (Lipinski definition) is 1. The van der Waals surface area contributed by atoms with Crippen molar-refractivity contribution in [3.63, 3.8) is 0 Å². The van der Waals surface area contributed by atoms with Gasteiger partial charge in [-0.25, -0.2) is 0 Å². The maximum absolute atomic E-state index is 12.7. The molecule has 0 aromatic carbocycles. The van der Waals surface area contributed by atoms with Crippen molar-refractivity contribution < 1.29 is 4.79 Å². The van der Waals surface area contributed by atoms with Gasteiger partial charge in [-0.1, -0.05) is 0 Å². The molecule has 5 nitrogen and oxygen atoms in total. The molecule has 1 aromatic heterocycles. The van der Waals surface area contributed by atoms with Gasteiger partial charge in [0.2, 0.25) is 0 Å². The van der Waals surface area contributed by atoms with Crippen LogP contribution in [0.4, 0.5) is 0 Å². The van der Waals surface area contributed by atoms with Crippen molar-refractivity contribution in [1.29, 1.82) is 0 Å². The fraction of sp³-hybridized carbons (Fsp3) is 0.714. The molecule has 0 saturated carbocycles. The monoisotopic (exact) mass is 264 g/mol. The van der Waals surface area contributed by atoms with E-state index in [9.17, 15) is 4.79 Å². The molecule has 19 heavy (non-hydrogen) atoms. The van der Waals surface area contributed by atoms with Crippen LogP contribution in [0.25, 0.3) is 0 Å². The average molecular weight is 264 g/mol. The first kappa shape index (κ1) is 14.1. The number of likely N-dealkylation sites (tertiary alicyclic amines) is 1. The van der Waals surface area contributed by atoms with Crippen molar-refractivity contribution in [3.05, 3.63) is 17.0 Å². The van der Waals surface area contributed by atoms with Crippen LogP contribution < -0.4 is 5.73 Å². The average Bonchev–Trinajstić information content (AvgIpc) is 2.62. The van der Waals surface area contributed by atoms with Gasteiger partial charge in [0, 0.05) is 31.9 Å². The predicted molar refractivity (Wildman–Crippen MR) is 75.0 cm³/mol. The van der Waals surface area contributed by atoms with Crippen LogP contribution in [0.3, 0.4) is 0 Å². The Balaban J connectivity index is 2.19. The molecular formula is C14H24N4O. The third-order valence-electron chi connectivity index (χ3n) is 4.21. The van der Waals surface area contributed by atoms with E-state index in [0.29, 0.717) is 5.92 Å². The summed E-state index contributed by atoms with van der Waals surface area (Å²) in [7, 11) is 1.88. The highest BCUT2D eigenvalue weighted by molar-refractivity contribution is 5.96. The largest absolute Gasteiger partial charge is 0.338 e. The van der Waals surface area contributed by atoms with E-state index in [-0.39, 0.29) is 11.9 Å². The second-order valence-electron chi connectivity index (χ2n) is 5.68. The molecule has 0 aliphatic carbocycles. The summed E-state index contributed by atoms with van der Waals surface area (Å²) in [5.74, 6) is 0.517. The highest BCUT2D eigenvalue weighted by atomic mass is 16.2. The molecular weight excluding hydrogens is 240 g/mol. The number of carbonyl (C=O) groups is 1. The zero-order valence-corrected chi connectivity index (χ0v) is 12.3. The van der Waals surface area contributed by atoms with Gasteiger partial charge < -0.3 is 10.6 Å². The van der Waals surface area contributed by atoms with Crippen molar-refractivity contribution in [2.45, 2.75) is 39.7 Å². The minimum atomic E-state index is 0.105. The molecule has 5 heteroatoms. The first-order valence-electron chi connectivity index (χ1n) is 6.97. The van der Waals surface area contributed by atoms with E-state index in [4.69, 9.17) is 5.73 Å². The van der Waals surface area contributed by atoms with E-state index in [1.807, 2.05) is 32.7 Å². The molecule has 1 aromatic rings. The lowest BCUT2D eigenvalue weighted by molar-refractivity contribution is 0.0659. The van der Waals surface area contributed by atoms with Crippen LogP contribution in [0.15, 0.2) is 0 Å². The van der Waals surface area contributed by atoms with E-state index in [2.05, 4.69) is 5.10 Å². The Labute approximate surface area is 114 Å². The molecule has 1 fully saturated rings. The van der Waals surface area contributed by atoms with Crippen LogP contribution in [0.1, 0.15) is 41.5 Å². The van der Waals surface area contributed by atoms with Gasteiger partial charge in [-0.2, -0.15) is 5.10 Å². The van der Waals surface area contributed by atoms with E-state index in [1.165, 1.54) is 0 Å². The molecule has 2 N–H and O–H groups in total. The number of rotatable bonds is 2. The summed E-state index contributed by atoms with van der Waals surface area (Å²) in [6.07, 6.45) is 2.16. The molecule has 1 saturated heterocycles. The highest BCUT2D eigenvalue weighted by Crippen LogP contribution is 2.22. The van der Waals surface area contributed by atoms with E-state index in [1.54, 1.807) is 4.68 Å². The summed E-state index contributed by atoms with van der Waals surface area (Å²) in [4.78, 5) is 14.6. The first-order valence-corrected chi connectivity index (χ1v) is 6.97. The molecule has 106 valence electrons. The summed E-state index contributed by atoms with van der Waals surface area (Å²) in [5.41, 5.74) is 8.48. The van der Waals surface area contributed by atoms with E-state index < -0.39 is 0 Å². The number of hydrogen-bond acceptors (Lipinski definition) is 3. The van der Waals surface area contributed by atoms with Crippen molar-refractivity contribution >= 4 is 5.91 Å². The van der Waals surface area contributed by atoms with Crippen LogP contribution in [0.5, 0.6) is 0 Å². The third-order valence-corrected chi connectivity index (χ3v) is 4.21. The highest BCUT2D eigenvalue weighted by Gasteiger charge is 2.29. The SMILES string of the molecule is Cc1nn(C)c(C)c1C(=O)N1CCCC(C(C)N)C1. The lowest BCUT2D eigenvalue weighted by Crippen LogP contribution is -2.45. The van der Waals surface area contributed by atoms with E-state index >= 15 is 0 Å². The fourth-order valence-corrected chi connectivity index (χ4v) is 2.86. The zero-order chi connectivity index (χ0) is 14.2. The van der Waals surface area contributed by atoms with Gasteiger partial charge in [-0.15, -0.1) is 0 Å². The Kier molecular flexibility index (Phi) is 3.94. The molecule has 2 heterocycles. The van der Waals surface area contributed by atoms with Crippen LogP contribution >= 0.6 is 0 Å². The van der Waals surface area contributed by atoms with Gasteiger partial charge in [0.25, 0.3) is 5.91 Å². The molecule has 0 spiro atoms. The van der Waals surface area contributed by atoms with Crippen LogP contribution in [-0.2, 0) is 7.05 Å². The molecule has 1 aliphatic rings. The number of piperidine rings is 1. The zero-order valence-electron chi connectivity index (χ0n) is 12.3. The number of amides is 1. The normalized spacial score (nSPS) is 21.5. The number of aromatic nitrogens is 2. The van der Waals surface area contributed by atoms with Gasteiger partial charge in [-0.3, -0.25) is 9.48 Å². The van der Waals surface area contributed by atoms with Gasteiger partial charge in [0.05, 0.1) is 11.3 Å². The Morgan fingerprint density at radius 3 is 2.68 bits per heavy atom. The van der Waals surface area contributed by atoms with Crippen molar-refractivity contribution in [1.82, 2.24) is 14.7 Å². The molecule has 1 aliphatic heterocycles. The van der Waals surface area contributed by atoms with Crippen molar-refractivity contribution in [3.8, 4) is 0 Å².